The Kier molecular flexibility index (Phi) is 6.73. The van der Waals surface area contributed by atoms with Gasteiger partial charge in [-0.2, -0.15) is 11.8 Å². The lowest BCUT2D eigenvalue weighted by Gasteiger charge is -2.15. The SMILES string of the molecule is CN=C(NCc1ccc(S(=O)(=O)NC)cc1)NCC1CCCS1. The van der Waals surface area contributed by atoms with Crippen molar-refractivity contribution < 1.29 is 8.42 Å². The quantitative estimate of drug-likeness (QED) is 0.526. The van der Waals surface area contributed by atoms with Crippen molar-refractivity contribution in [3.05, 3.63) is 29.8 Å². The van der Waals surface area contributed by atoms with Crippen molar-refractivity contribution in [1.29, 1.82) is 0 Å². The van der Waals surface area contributed by atoms with Gasteiger partial charge in [-0.05, 0) is 43.3 Å². The zero-order valence-electron chi connectivity index (χ0n) is 13.5. The average molecular weight is 357 g/mol. The van der Waals surface area contributed by atoms with Crippen molar-refractivity contribution >= 4 is 27.7 Å². The third-order valence-corrected chi connectivity index (χ3v) is 6.54. The molecule has 1 aliphatic heterocycles. The summed E-state index contributed by atoms with van der Waals surface area (Å²) in [4.78, 5) is 4.48. The number of benzene rings is 1. The first-order valence-corrected chi connectivity index (χ1v) is 10.2. The van der Waals surface area contributed by atoms with Crippen molar-refractivity contribution in [3.63, 3.8) is 0 Å². The van der Waals surface area contributed by atoms with Gasteiger partial charge >= 0.3 is 0 Å². The summed E-state index contributed by atoms with van der Waals surface area (Å²) in [6.45, 7) is 1.51. The molecule has 0 saturated carbocycles. The van der Waals surface area contributed by atoms with E-state index < -0.39 is 10.0 Å². The molecule has 0 radical (unpaired) electrons. The second-order valence-electron chi connectivity index (χ2n) is 5.29. The molecule has 1 atom stereocenters. The van der Waals surface area contributed by atoms with Crippen LogP contribution in [0.4, 0.5) is 0 Å². The Morgan fingerprint density at radius 2 is 2.04 bits per heavy atom. The van der Waals surface area contributed by atoms with E-state index in [1.165, 1.54) is 25.6 Å². The van der Waals surface area contributed by atoms with Crippen LogP contribution in [-0.4, -0.2) is 46.0 Å². The van der Waals surface area contributed by atoms with E-state index in [1.54, 1.807) is 31.3 Å². The van der Waals surface area contributed by atoms with Crippen molar-refractivity contribution in [1.82, 2.24) is 15.4 Å². The minimum Gasteiger partial charge on any atom is -0.355 e. The second-order valence-corrected chi connectivity index (χ2v) is 8.59. The number of thioether (sulfide) groups is 1. The number of guanidine groups is 1. The lowest BCUT2D eigenvalue weighted by atomic mass is 10.2. The molecule has 2 rings (SSSR count). The summed E-state index contributed by atoms with van der Waals surface area (Å²) in [5, 5.41) is 7.25. The molecule has 0 bridgehead atoms. The number of hydrogen-bond donors (Lipinski definition) is 3. The van der Waals surface area contributed by atoms with Crippen molar-refractivity contribution in [3.8, 4) is 0 Å². The van der Waals surface area contributed by atoms with Crippen LogP contribution in [0.1, 0.15) is 18.4 Å². The standard InChI is InChI=1S/C15H24N4O2S2/c1-16-15(19-11-13-4-3-9-22-13)18-10-12-5-7-14(8-6-12)23(20,21)17-2/h5-8,13,17H,3-4,9-11H2,1-2H3,(H2,16,18,19). The van der Waals surface area contributed by atoms with Gasteiger partial charge in [0.1, 0.15) is 0 Å². The molecule has 1 heterocycles. The highest BCUT2D eigenvalue weighted by Gasteiger charge is 2.15. The van der Waals surface area contributed by atoms with E-state index in [2.05, 4.69) is 20.3 Å². The zero-order chi connectivity index (χ0) is 16.7. The smallest absolute Gasteiger partial charge is 0.240 e. The van der Waals surface area contributed by atoms with Gasteiger partial charge in [0.2, 0.25) is 10.0 Å². The first-order chi connectivity index (χ1) is 11.0. The van der Waals surface area contributed by atoms with E-state index in [9.17, 15) is 8.42 Å². The molecular formula is C15H24N4O2S2. The minimum atomic E-state index is -3.38. The van der Waals surface area contributed by atoms with Crippen LogP contribution in [0.5, 0.6) is 0 Å². The molecule has 1 aliphatic rings. The van der Waals surface area contributed by atoms with Crippen molar-refractivity contribution in [2.45, 2.75) is 29.5 Å². The highest BCUT2D eigenvalue weighted by atomic mass is 32.2. The van der Waals surface area contributed by atoms with E-state index in [0.717, 1.165) is 18.1 Å². The molecule has 0 amide bonds. The zero-order valence-corrected chi connectivity index (χ0v) is 15.1. The monoisotopic (exact) mass is 356 g/mol. The molecule has 1 aromatic carbocycles. The van der Waals surface area contributed by atoms with Crippen LogP contribution in [0.2, 0.25) is 0 Å². The first kappa shape index (κ1) is 18.1. The van der Waals surface area contributed by atoms with Gasteiger partial charge in [0.05, 0.1) is 4.90 Å². The number of nitrogens with one attached hydrogen (secondary N) is 3. The van der Waals surface area contributed by atoms with E-state index in [-0.39, 0.29) is 4.90 Å². The Morgan fingerprint density at radius 3 is 2.61 bits per heavy atom. The largest absolute Gasteiger partial charge is 0.355 e. The number of hydrogen-bond acceptors (Lipinski definition) is 4. The molecule has 0 aliphatic carbocycles. The third kappa shape index (κ3) is 5.40. The topological polar surface area (TPSA) is 82.6 Å². The fraction of sp³-hybridized carbons (Fsp3) is 0.533. The lowest BCUT2D eigenvalue weighted by Crippen LogP contribution is -2.39. The summed E-state index contributed by atoms with van der Waals surface area (Å²) >= 11 is 2.01. The molecule has 3 N–H and O–H groups in total. The van der Waals surface area contributed by atoms with E-state index >= 15 is 0 Å². The van der Waals surface area contributed by atoms with Gasteiger partial charge in [0, 0.05) is 25.4 Å². The summed E-state index contributed by atoms with van der Waals surface area (Å²) in [5.41, 5.74) is 0.998. The van der Waals surface area contributed by atoms with Crippen LogP contribution < -0.4 is 15.4 Å². The fourth-order valence-electron chi connectivity index (χ4n) is 2.33. The summed E-state index contributed by atoms with van der Waals surface area (Å²) in [7, 11) is -0.222. The molecule has 6 nitrogen and oxygen atoms in total. The maximum atomic E-state index is 11.7. The minimum absolute atomic E-state index is 0.268. The van der Waals surface area contributed by atoms with Crippen LogP contribution >= 0.6 is 11.8 Å². The normalized spacial score (nSPS) is 18.9. The highest BCUT2D eigenvalue weighted by molar-refractivity contribution is 8.00. The van der Waals surface area contributed by atoms with Gasteiger partial charge in [-0.1, -0.05) is 12.1 Å². The Morgan fingerprint density at radius 1 is 1.30 bits per heavy atom. The van der Waals surface area contributed by atoms with Crippen molar-refractivity contribution in [2.75, 3.05) is 26.4 Å². The Labute approximate surface area is 142 Å². The van der Waals surface area contributed by atoms with E-state index in [1.807, 2.05) is 11.8 Å². The van der Waals surface area contributed by atoms with Crippen LogP contribution in [0.25, 0.3) is 0 Å². The van der Waals surface area contributed by atoms with Crippen LogP contribution in [-0.2, 0) is 16.6 Å². The summed E-state index contributed by atoms with van der Waals surface area (Å²) in [5.74, 6) is 2.02. The Bertz CT molecular complexity index is 623. The number of aliphatic imine (C=N–C) groups is 1. The Balaban J connectivity index is 1.84. The molecule has 0 aromatic heterocycles. The maximum Gasteiger partial charge on any atom is 0.240 e. The number of sulfonamides is 1. The van der Waals surface area contributed by atoms with E-state index in [4.69, 9.17) is 0 Å². The number of nitrogens with zero attached hydrogens (tertiary/aromatic N) is 1. The molecule has 128 valence electrons. The van der Waals surface area contributed by atoms with Gasteiger partial charge in [-0.25, -0.2) is 13.1 Å². The molecule has 1 saturated heterocycles. The summed E-state index contributed by atoms with van der Waals surface area (Å²) in [6, 6.07) is 6.82. The van der Waals surface area contributed by atoms with Gasteiger partial charge in [-0.3, -0.25) is 4.99 Å². The van der Waals surface area contributed by atoms with Crippen LogP contribution in [0, 0.1) is 0 Å². The second kappa shape index (κ2) is 8.56. The lowest BCUT2D eigenvalue weighted by molar-refractivity contribution is 0.588. The third-order valence-electron chi connectivity index (χ3n) is 3.71. The highest BCUT2D eigenvalue weighted by Crippen LogP contribution is 2.25. The predicted molar refractivity (Wildman–Crippen MR) is 96.4 cm³/mol. The van der Waals surface area contributed by atoms with Gasteiger partial charge in [0.15, 0.2) is 5.96 Å². The molecular weight excluding hydrogens is 332 g/mol. The van der Waals surface area contributed by atoms with Gasteiger partial charge in [0.25, 0.3) is 0 Å². The molecule has 8 heteroatoms. The van der Waals surface area contributed by atoms with Crippen molar-refractivity contribution in [2.24, 2.45) is 4.99 Å². The van der Waals surface area contributed by atoms with Gasteiger partial charge in [-0.15, -0.1) is 0 Å². The Hall–Kier alpha value is -1.25. The van der Waals surface area contributed by atoms with E-state index in [0.29, 0.717) is 11.8 Å². The predicted octanol–water partition coefficient (Wildman–Crippen LogP) is 1.16. The molecule has 0 spiro atoms. The average Bonchev–Trinajstić information content (AvgIpc) is 3.09. The van der Waals surface area contributed by atoms with Crippen LogP contribution in [0.15, 0.2) is 34.2 Å². The van der Waals surface area contributed by atoms with Gasteiger partial charge < -0.3 is 10.6 Å². The summed E-state index contributed by atoms with van der Waals surface area (Å²) in [6.07, 6.45) is 2.56. The summed E-state index contributed by atoms with van der Waals surface area (Å²) < 4.78 is 25.7. The molecule has 1 unspecified atom stereocenters. The van der Waals surface area contributed by atoms with Crippen LogP contribution in [0.3, 0.4) is 0 Å². The molecule has 1 fully saturated rings. The molecule has 1 aromatic rings. The molecule has 23 heavy (non-hydrogen) atoms. The maximum absolute atomic E-state index is 11.7. The first-order valence-electron chi connectivity index (χ1n) is 7.64. The number of rotatable bonds is 6. The fourth-order valence-corrected chi connectivity index (χ4v) is 4.26.